The van der Waals surface area contributed by atoms with E-state index in [4.69, 9.17) is 4.74 Å². The Hall–Kier alpha value is -1.51. The molecule has 104 valence electrons. The molecule has 0 atom stereocenters. The minimum Gasteiger partial charge on any atom is -0.443 e. The predicted molar refractivity (Wildman–Crippen MR) is 77.2 cm³/mol. The van der Waals surface area contributed by atoms with Crippen LogP contribution in [0.15, 0.2) is 30.3 Å². The average Bonchev–Trinajstić information content (AvgIpc) is 2.40. The second kappa shape index (κ2) is 6.09. The fourth-order valence-corrected chi connectivity index (χ4v) is 2.78. The third-order valence-corrected chi connectivity index (χ3v) is 3.96. The molecule has 0 aromatic heterocycles. The van der Waals surface area contributed by atoms with Gasteiger partial charge in [-0.3, -0.25) is 5.32 Å². The van der Waals surface area contributed by atoms with Gasteiger partial charge in [0.15, 0.2) is 0 Å². The molecule has 1 aliphatic carbocycles. The first-order chi connectivity index (χ1) is 9.08. The van der Waals surface area contributed by atoms with Crippen molar-refractivity contribution < 1.29 is 9.53 Å². The van der Waals surface area contributed by atoms with Crippen molar-refractivity contribution in [1.29, 1.82) is 0 Å². The zero-order valence-corrected chi connectivity index (χ0v) is 11.8. The molecule has 0 radical (unpaired) electrons. The van der Waals surface area contributed by atoms with Gasteiger partial charge in [0.1, 0.15) is 5.60 Å². The van der Waals surface area contributed by atoms with Crippen molar-refractivity contribution in [2.45, 2.75) is 51.6 Å². The second-order valence-electron chi connectivity index (χ2n) is 5.82. The molecule has 1 saturated carbocycles. The van der Waals surface area contributed by atoms with Crippen molar-refractivity contribution in [3.8, 4) is 0 Å². The van der Waals surface area contributed by atoms with E-state index in [9.17, 15) is 4.79 Å². The molecule has 0 saturated heterocycles. The summed E-state index contributed by atoms with van der Waals surface area (Å²) < 4.78 is 5.63. The zero-order chi connectivity index (χ0) is 13.7. The van der Waals surface area contributed by atoms with Crippen LogP contribution in [0, 0.1) is 5.92 Å². The number of hydrogen-bond acceptors (Lipinski definition) is 2. The summed E-state index contributed by atoms with van der Waals surface area (Å²) in [5.74, 6) is 0.475. The molecule has 19 heavy (non-hydrogen) atoms. The Labute approximate surface area is 115 Å². The molecule has 2 rings (SSSR count). The molecule has 1 aliphatic rings. The van der Waals surface area contributed by atoms with Gasteiger partial charge in [0.2, 0.25) is 0 Å². The Balaban J connectivity index is 1.90. The van der Waals surface area contributed by atoms with Gasteiger partial charge in [0.05, 0.1) is 0 Å². The van der Waals surface area contributed by atoms with E-state index in [0.29, 0.717) is 5.92 Å². The van der Waals surface area contributed by atoms with Gasteiger partial charge in [-0.25, -0.2) is 4.79 Å². The van der Waals surface area contributed by atoms with Crippen LogP contribution in [0.1, 0.15) is 46.0 Å². The summed E-state index contributed by atoms with van der Waals surface area (Å²) in [5, 5.41) is 2.78. The number of benzene rings is 1. The first kappa shape index (κ1) is 13.9. The molecule has 0 heterocycles. The Morgan fingerprint density at radius 1 is 1.16 bits per heavy atom. The van der Waals surface area contributed by atoms with E-state index in [0.717, 1.165) is 18.5 Å². The number of ether oxygens (including phenoxy) is 1. The lowest BCUT2D eigenvalue weighted by molar-refractivity contribution is -0.0117. The summed E-state index contributed by atoms with van der Waals surface area (Å²) in [6.45, 7) is 4.04. The highest BCUT2D eigenvalue weighted by atomic mass is 16.6. The van der Waals surface area contributed by atoms with Crippen LogP contribution in [0.2, 0.25) is 0 Å². The Morgan fingerprint density at radius 2 is 1.79 bits per heavy atom. The minimum atomic E-state index is -0.390. The minimum absolute atomic E-state index is 0.359. The molecule has 0 unspecified atom stereocenters. The molecule has 0 spiro atoms. The average molecular weight is 261 g/mol. The molecule has 1 aromatic carbocycles. The van der Waals surface area contributed by atoms with Crippen LogP contribution in [0.4, 0.5) is 10.5 Å². The Kier molecular flexibility index (Phi) is 4.46. The van der Waals surface area contributed by atoms with Gasteiger partial charge >= 0.3 is 6.09 Å². The number of rotatable bonds is 3. The van der Waals surface area contributed by atoms with Crippen molar-refractivity contribution in [1.82, 2.24) is 0 Å². The quantitative estimate of drug-likeness (QED) is 0.864. The largest absolute Gasteiger partial charge is 0.443 e. The van der Waals surface area contributed by atoms with Crippen molar-refractivity contribution in [3.05, 3.63) is 30.3 Å². The lowest BCUT2D eigenvalue weighted by Crippen LogP contribution is -2.39. The topological polar surface area (TPSA) is 38.3 Å². The van der Waals surface area contributed by atoms with Crippen LogP contribution in [0.3, 0.4) is 0 Å². The summed E-state index contributed by atoms with van der Waals surface area (Å²) in [6.07, 6.45) is 5.76. The fraction of sp³-hybridized carbons (Fsp3) is 0.562. The van der Waals surface area contributed by atoms with E-state index in [-0.39, 0.29) is 11.7 Å². The maximum Gasteiger partial charge on any atom is 0.412 e. The van der Waals surface area contributed by atoms with Crippen LogP contribution in [0.5, 0.6) is 0 Å². The van der Waals surface area contributed by atoms with Gasteiger partial charge in [-0.15, -0.1) is 0 Å². The molecule has 1 fully saturated rings. The lowest BCUT2D eigenvalue weighted by Gasteiger charge is -2.36. The van der Waals surface area contributed by atoms with Crippen LogP contribution in [0.25, 0.3) is 0 Å². The van der Waals surface area contributed by atoms with Crippen LogP contribution in [-0.4, -0.2) is 11.7 Å². The normalized spacial score (nSPS) is 16.9. The summed E-state index contributed by atoms with van der Waals surface area (Å²) in [6, 6.07) is 9.41. The molecular formula is C16H23NO2. The third kappa shape index (κ3) is 3.98. The molecule has 1 N–H and O–H groups in total. The number of nitrogens with one attached hydrogen (secondary N) is 1. The van der Waals surface area contributed by atoms with Crippen LogP contribution >= 0.6 is 0 Å². The van der Waals surface area contributed by atoms with Gasteiger partial charge < -0.3 is 4.74 Å². The van der Waals surface area contributed by atoms with E-state index >= 15 is 0 Å². The first-order valence-corrected chi connectivity index (χ1v) is 7.13. The van der Waals surface area contributed by atoms with Gasteiger partial charge in [0.25, 0.3) is 0 Å². The third-order valence-electron chi connectivity index (χ3n) is 3.96. The first-order valence-electron chi connectivity index (χ1n) is 7.13. The molecule has 1 aromatic rings. The Morgan fingerprint density at radius 3 is 2.42 bits per heavy atom. The van der Waals surface area contributed by atoms with E-state index in [1.165, 1.54) is 19.3 Å². The molecule has 0 bridgehead atoms. The van der Waals surface area contributed by atoms with E-state index < -0.39 is 0 Å². The SMILES string of the molecule is CC(C)(OC(=O)Nc1ccccc1)C1CCCCC1. The van der Waals surface area contributed by atoms with Gasteiger partial charge in [-0.05, 0) is 44.7 Å². The number of carbonyl (C=O) groups is 1. The van der Waals surface area contributed by atoms with Crippen molar-refractivity contribution in [3.63, 3.8) is 0 Å². The van der Waals surface area contributed by atoms with Gasteiger partial charge in [0, 0.05) is 5.69 Å². The standard InChI is InChI=1S/C16H23NO2/c1-16(2,13-9-5-3-6-10-13)19-15(18)17-14-11-7-4-8-12-14/h4,7-8,11-13H,3,5-6,9-10H2,1-2H3,(H,17,18). The number of amides is 1. The van der Waals surface area contributed by atoms with Crippen molar-refractivity contribution in [2.75, 3.05) is 5.32 Å². The van der Waals surface area contributed by atoms with E-state index in [1.807, 2.05) is 44.2 Å². The summed E-state index contributed by atoms with van der Waals surface area (Å²) in [5.41, 5.74) is 0.381. The molecule has 1 amide bonds. The summed E-state index contributed by atoms with van der Waals surface area (Å²) >= 11 is 0. The van der Waals surface area contributed by atoms with Crippen molar-refractivity contribution >= 4 is 11.8 Å². The molecular weight excluding hydrogens is 238 g/mol. The van der Waals surface area contributed by atoms with E-state index in [1.54, 1.807) is 0 Å². The zero-order valence-electron chi connectivity index (χ0n) is 11.8. The second-order valence-corrected chi connectivity index (χ2v) is 5.82. The lowest BCUT2D eigenvalue weighted by atomic mass is 9.79. The summed E-state index contributed by atoms with van der Waals surface area (Å²) in [7, 11) is 0. The van der Waals surface area contributed by atoms with E-state index in [2.05, 4.69) is 5.32 Å². The van der Waals surface area contributed by atoms with Gasteiger partial charge in [-0.2, -0.15) is 0 Å². The van der Waals surface area contributed by atoms with Crippen LogP contribution in [-0.2, 0) is 4.74 Å². The van der Waals surface area contributed by atoms with Gasteiger partial charge in [-0.1, -0.05) is 37.5 Å². The maximum absolute atomic E-state index is 11.9. The highest BCUT2D eigenvalue weighted by Crippen LogP contribution is 2.34. The maximum atomic E-state index is 11.9. The molecule has 0 aliphatic heterocycles. The Bertz CT molecular complexity index is 408. The predicted octanol–water partition coefficient (Wildman–Crippen LogP) is 4.59. The fourth-order valence-electron chi connectivity index (χ4n) is 2.78. The smallest absolute Gasteiger partial charge is 0.412 e. The summed E-state index contributed by atoms with van der Waals surface area (Å²) in [4.78, 5) is 11.9. The number of anilines is 1. The monoisotopic (exact) mass is 261 g/mol. The number of para-hydroxylation sites is 1. The van der Waals surface area contributed by atoms with Crippen LogP contribution < -0.4 is 5.32 Å². The number of hydrogen-bond donors (Lipinski definition) is 1. The molecule has 3 nitrogen and oxygen atoms in total. The highest BCUT2D eigenvalue weighted by Gasteiger charge is 2.34. The highest BCUT2D eigenvalue weighted by molar-refractivity contribution is 5.84. The number of carbonyl (C=O) groups excluding carboxylic acids is 1. The van der Waals surface area contributed by atoms with Crippen molar-refractivity contribution in [2.24, 2.45) is 5.92 Å². The molecule has 3 heteroatoms.